The molecule has 33 heavy (non-hydrogen) atoms. The first-order valence-corrected chi connectivity index (χ1v) is 10.4. The SMILES string of the molecule is CCn1cc(C(=O)N[C@@H](C)C(=O)Nc2ccc3c(c2)OCO3)c(=O)c2cc3c(cc21)OCO3. The van der Waals surface area contributed by atoms with E-state index in [9.17, 15) is 14.4 Å². The standard InChI is InChI=1S/C23H21N3O7/c1-3-26-9-15(21(27)14-7-19-20(8-16(14)26)33-11-32-19)23(29)24-12(2)22(28)25-13-4-5-17-18(6-13)31-10-30-17/h4-9,12H,3,10-11H2,1-2H3,(H,24,29)(H,25,28)/t12-/m0/s1. The van der Waals surface area contributed by atoms with Gasteiger partial charge in [-0.1, -0.05) is 0 Å². The van der Waals surface area contributed by atoms with Gasteiger partial charge in [-0.15, -0.1) is 0 Å². The van der Waals surface area contributed by atoms with E-state index in [1.165, 1.54) is 13.1 Å². The lowest BCUT2D eigenvalue weighted by Crippen LogP contribution is -2.43. The monoisotopic (exact) mass is 451 g/mol. The second kappa shape index (κ2) is 8.05. The zero-order chi connectivity index (χ0) is 23.1. The average molecular weight is 451 g/mol. The van der Waals surface area contributed by atoms with E-state index in [4.69, 9.17) is 18.9 Å². The van der Waals surface area contributed by atoms with E-state index in [1.54, 1.807) is 34.9 Å². The second-order valence-electron chi connectivity index (χ2n) is 7.63. The minimum Gasteiger partial charge on any atom is -0.454 e. The number of aromatic nitrogens is 1. The number of benzene rings is 2. The summed E-state index contributed by atoms with van der Waals surface area (Å²) in [6.07, 6.45) is 1.49. The van der Waals surface area contributed by atoms with Crippen LogP contribution in [0.1, 0.15) is 24.2 Å². The summed E-state index contributed by atoms with van der Waals surface area (Å²) in [4.78, 5) is 38.6. The Balaban J connectivity index is 1.37. The lowest BCUT2D eigenvalue weighted by Gasteiger charge is -2.16. The Labute approximate surface area is 188 Å². The molecule has 1 aromatic heterocycles. The van der Waals surface area contributed by atoms with Crippen molar-refractivity contribution < 1.29 is 28.5 Å². The number of amides is 2. The lowest BCUT2D eigenvalue weighted by molar-refractivity contribution is -0.117. The summed E-state index contributed by atoms with van der Waals surface area (Å²) in [5.41, 5.74) is 0.622. The minimum absolute atomic E-state index is 0.0639. The Morgan fingerprint density at radius 2 is 1.67 bits per heavy atom. The van der Waals surface area contributed by atoms with E-state index in [0.717, 1.165) is 0 Å². The molecule has 0 spiro atoms. The fraction of sp³-hybridized carbons (Fsp3) is 0.261. The summed E-state index contributed by atoms with van der Waals surface area (Å²) >= 11 is 0. The second-order valence-corrected chi connectivity index (χ2v) is 7.63. The molecule has 0 radical (unpaired) electrons. The van der Waals surface area contributed by atoms with Crippen molar-refractivity contribution in [2.24, 2.45) is 0 Å². The number of anilines is 1. The van der Waals surface area contributed by atoms with Gasteiger partial charge >= 0.3 is 0 Å². The molecule has 2 aliphatic rings. The van der Waals surface area contributed by atoms with Crippen molar-refractivity contribution in [3.63, 3.8) is 0 Å². The van der Waals surface area contributed by atoms with Crippen molar-refractivity contribution in [2.45, 2.75) is 26.4 Å². The van der Waals surface area contributed by atoms with E-state index < -0.39 is 23.3 Å². The molecule has 0 fully saturated rings. The highest BCUT2D eigenvalue weighted by Crippen LogP contribution is 2.35. The van der Waals surface area contributed by atoms with Crippen LogP contribution in [0.15, 0.2) is 41.3 Å². The van der Waals surface area contributed by atoms with E-state index in [2.05, 4.69) is 10.6 Å². The van der Waals surface area contributed by atoms with Crippen LogP contribution in [0.4, 0.5) is 5.69 Å². The largest absolute Gasteiger partial charge is 0.454 e. The fourth-order valence-electron chi connectivity index (χ4n) is 3.77. The molecule has 0 saturated carbocycles. The van der Waals surface area contributed by atoms with Crippen molar-refractivity contribution in [3.8, 4) is 23.0 Å². The van der Waals surface area contributed by atoms with Gasteiger partial charge in [0.15, 0.2) is 23.0 Å². The normalized spacial score (nSPS) is 14.2. The maximum atomic E-state index is 13.1. The first-order chi connectivity index (χ1) is 15.9. The molecule has 2 amide bonds. The van der Waals surface area contributed by atoms with Crippen LogP contribution in [-0.4, -0.2) is 36.0 Å². The predicted octanol–water partition coefficient (Wildman–Crippen LogP) is 2.24. The molecule has 10 heteroatoms. The Hall–Kier alpha value is -4.21. The molecule has 3 heterocycles. The number of hydrogen-bond acceptors (Lipinski definition) is 7. The van der Waals surface area contributed by atoms with Gasteiger partial charge < -0.3 is 34.1 Å². The van der Waals surface area contributed by atoms with E-state index in [0.29, 0.717) is 46.1 Å². The number of carbonyl (C=O) groups excluding carboxylic acids is 2. The molecule has 2 N–H and O–H groups in total. The highest BCUT2D eigenvalue weighted by atomic mass is 16.7. The summed E-state index contributed by atoms with van der Waals surface area (Å²) < 4.78 is 23.1. The summed E-state index contributed by atoms with van der Waals surface area (Å²) in [6, 6.07) is 7.42. The number of hydrogen-bond donors (Lipinski definition) is 2. The molecular formula is C23H21N3O7. The Morgan fingerprint density at radius 3 is 2.39 bits per heavy atom. The highest BCUT2D eigenvalue weighted by Gasteiger charge is 2.23. The van der Waals surface area contributed by atoms with Gasteiger partial charge in [0, 0.05) is 30.6 Å². The maximum absolute atomic E-state index is 13.1. The van der Waals surface area contributed by atoms with Gasteiger partial charge in [-0.2, -0.15) is 0 Å². The molecule has 5 rings (SSSR count). The predicted molar refractivity (Wildman–Crippen MR) is 118 cm³/mol. The van der Waals surface area contributed by atoms with Crippen LogP contribution < -0.4 is 35.0 Å². The molecule has 10 nitrogen and oxygen atoms in total. The van der Waals surface area contributed by atoms with Crippen LogP contribution in [0.5, 0.6) is 23.0 Å². The molecule has 3 aromatic rings. The Kier molecular flexibility index (Phi) is 5.04. The Bertz CT molecular complexity index is 1350. The third-order valence-electron chi connectivity index (χ3n) is 5.54. The Morgan fingerprint density at radius 1 is 1.00 bits per heavy atom. The van der Waals surface area contributed by atoms with Gasteiger partial charge in [-0.25, -0.2) is 0 Å². The van der Waals surface area contributed by atoms with Crippen LogP contribution in [-0.2, 0) is 11.3 Å². The average Bonchev–Trinajstić information content (AvgIpc) is 3.46. The van der Waals surface area contributed by atoms with Gasteiger partial charge in [0.05, 0.1) is 10.9 Å². The number of carbonyl (C=O) groups is 2. The summed E-state index contributed by atoms with van der Waals surface area (Å²) in [7, 11) is 0. The van der Waals surface area contributed by atoms with Crippen molar-refractivity contribution in [2.75, 3.05) is 18.9 Å². The van der Waals surface area contributed by atoms with Crippen molar-refractivity contribution in [1.29, 1.82) is 0 Å². The molecule has 0 saturated heterocycles. The third-order valence-corrected chi connectivity index (χ3v) is 5.54. The minimum atomic E-state index is -0.898. The first kappa shape index (κ1) is 20.7. The van der Waals surface area contributed by atoms with Crippen LogP contribution in [0.2, 0.25) is 0 Å². The fourth-order valence-corrected chi connectivity index (χ4v) is 3.77. The van der Waals surface area contributed by atoms with Gasteiger partial charge in [-0.3, -0.25) is 14.4 Å². The van der Waals surface area contributed by atoms with E-state index in [1.807, 2.05) is 6.92 Å². The summed E-state index contributed by atoms with van der Waals surface area (Å²) in [6.45, 7) is 4.17. The van der Waals surface area contributed by atoms with Crippen molar-refractivity contribution >= 4 is 28.4 Å². The number of aryl methyl sites for hydroxylation is 1. The molecule has 0 aliphatic carbocycles. The number of fused-ring (bicyclic) bond motifs is 3. The highest BCUT2D eigenvalue weighted by molar-refractivity contribution is 6.02. The lowest BCUT2D eigenvalue weighted by atomic mass is 10.1. The number of nitrogens with zero attached hydrogens (tertiary/aromatic N) is 1. The van der Waals surface area contributed by atoms with Gasteiger partial charge in [0.25, 0.3) is 5.91 Å². The van der Waals surface area contributed by atoms with Crippen molar-refractivity contribution in [1.82, 2.24) is 9.88 Å². The quantitative estimate of drug-likeness (QED) is 0.611. The summed E-state index contributed by atoms with van der Waals surface area (Å²) in [5, 5.41) is 5.66. The molecule has 2 aliphatic heterocycles. The van der Waals surface area contributed by atoms with Gasteiger partial charge in [0.2, 0.25) is 24.9 Å². The van der Waals surface area contributed by atoms with Gasteiger partial charge in [0.1, 0.15) is 11.6 Å². The van der Waals surface area contributed by atoms with Crippen LogP contribution in [0.25, 0.3) is 10.9 Å². The van der Waals surface area contributed by atoms with Crippen LogP contribution in [0, 0.1) is 0 Å². The maximum Gasteiger partial charge on any atom is 0.257 e. The topological polar surface area (TPSA) is 117 Å². The molecule has 1 atom stereocenters. The first-order valence-electron chi connectivity index (χ1n) is 10.4. The van der Waals surface area contributed by atoms with Crippen LogP contribution >= 0.6 is 0 Å². The molecule has 0 unspecified atom stereocenters. The number of pyridine rings is 1. The van der Waals surface area contributed by atoms with Gasteiger partial charge in [-0.05, 0) is 32.0 Å². The smallest absolute Gasteiger partial charge is 0.257 e. The number of nitrogens with one attached hydrogen (secondary N) is 2. The molecule has 0 bridgehead atoms. The third kappa shape index (κ3) is 3.69. The molecular weight excluding hydrogens is 430 g/mol. The molecule has 2 aromatic carbocycles. The number of rotatable bonds is 5. The summed E-state index contributed by atoms with van der Waals surface area (Å²) in [5.74, 6) is 1.05. The molecule has 170 valence electrons. The van der Waals surface area contributed by atoms with Crippen molar-refractivity contribution in [3.05, 3.63) is 52.3 Å². The van der Waals surface area contributed by atoms with E-state index >= 15 is 0 Å². The van der Waals surface area contributed by atoms with E-state index in [-0.39, 0.29) is 19.1 Å². The van der Waals surface area contributed by atoms with Crippen LogP contribution in [0.3, 0.4) is 0 Å². The number of ether oxygens (including phenoxy) is 4. The zero-order valence-corrected chi connectivity index (χ0v) is 18.0. The zero-order valence-electron chi connectivity index (χ0n) is 18.0.